The molecule has 2 rings (SSSR count). The van der Waals surface area contributed by atoms with Gasteiger partial charge in [0.2, 0.25) is 5.91 Å². The van der Waals surface area contributed by atoms with Crippen LogP contribution in [-0.2, 0) is 14.3 Å². The Labute approximate surface area is 101 Å². The molecular weight excluding hydrogens is 222 g/mol. The minimum atomic E-state index is -0.813. The van der Waals surface area contributed by atoms with Crippen LogP contribution in [0.1, 0.15) is 32.1 Å². The molecule has 0 aromatic heterocycles. The number of ether oxygens (including phenoxy) is 1. The molecule has 2 atom stereocenters. The van der Waals surface area contributed by atoms with Crippen LogP contribution in [0.2, 0.25) is 0 Å². The fourth-order valence-electron chi connectivity index (χ4n) is 2.28. The molecule has 0 aromatic carbocycles. The maximum absolute atomic E-state index is 11.5. The minimum Gasteiger partial charge on any atom is -0.481 e. The molecule has 0 spiro atoms. The Bertz CT molecular complexity index is 301. The highest BCUT2D eigenvalue weighted by Crippen LogP contribution is 2.28. The topological polar surface area (TPSA) is 75.6 Å². The van der Waals surface area contributed by atoms with Crippen molar-refractivity contribution in [3.63, 3.8) is 0 Å². The molecular formula is C12H19NO4. The van der Waals surface area contributed by atoms with Crippen LogP contribution >= 0.6 is 0 Å². The molecule has 5 nitrogen and oxygen atoms in total. The van der Waals surface area contributed by atoms with Gasteiger partial charge in [0.05, 0.1) is 12.5 Å². The number of aliphatic carboxylic acids is 1. The molecule has 0 aliphatic heterocycles. The second-order valence-corrected chi connectivity index (χ2v) is 5.01. The van der Waals surface area contributed by atoms with Crippen molar-refractivity contribution in [3.05, 3.63) is 0 Å². The summed E-state index contributed by atoms with van der Waals surface area (Å²) in [6.07, 6.45) is 4.68. The number of hydrogen-bond acceptors (Lipinski definition) is 3. The lowest BCUT2D eigenvalue weighted by molar-refractivity contribution is -0.142. The molecule has 96 valence electrons. The van der Waals surface area contributed by atoms with E-state index in [0.29, 0.717) is 18.9 Å². The Morgan fingerprint density at radius 1 is 1.24 bits per heavy atom. The molecule has 2 aliphatic rings. The fourth-order valence-corrected chi connectivity index (χ4v) is 2.28. The van der Waals surface area contributed by atoms with Gasteiger partial charge in [-0.2, -0.15) is 0 Å². The standard InChI is InChI=1S/C12H19NO4/c14-11(7-17-6-8-4-5-8)13-10-3-1-2-9(10)12(15)16/h8-10H,1-7H2,(H,13,14)(H,15,16)/t9-,10+/m1/s1. The highest BCUT2D eigenvalue weighted by Gasteiger charge is 2.33. The van der Waals surface area contributed by atoms with Crippen molar-refractivity contribution in [2.75, 3.05) is 13.2 Å². The molecule has 0 heterocycles. The van der Waals surface area contributed by atoms with Crippen molar-refractivity contribution >= 4 is 11.9 Å². The lowest BCUT2D eigenvalue weighted by atomic mass is 10.0. The van der Waals surface area contributed by atoms with Crippen molar-refractivity contribution in [2.45, 2.75) is 38.1 Å². The molecule has 0 unspecified atom stereocenters. The summed E-state index contributed by atoms with van der Waals surface area (Å²) in [6.45, 7) is 0.708. The van der Waals surface area contributed by atoms with Crippen LogP contribution in [0, 0.1) is 11.8 Å². The SMILES string of the molecule is O=C(COCC1CC1)N[C@H]1CCC[C@H]1C(=O)O. The molecule has 2 fully saturated rings. The fraction of sp³-hybridized carbons (Fsp3) is 0.833. The summed E-state index contributed by atoms with van der Waals surface area (Å²) in [5, 5.41) is 11.7. The predicted octanol–water partition coefficient (Wildman–Crippen LogP) is 0.782. The number of carboxylic acids is 1. The van der Waals surface area contributed by atoms with E-state index in [0.717, 1.165) is 12.8 Å². The number of amides is 1. The first-order chi connectivity index (χ1) is 8.16. The van der Waals surface area contributed by atoms with E-state index in [4.69, 9.17) is 9.84 Å². The first-order valence-corrected chi connectivity index (χ1v) is 6.26. The van der Waals surface area contributed by atoms with E-state index in [1.54, 1.807) is 0 Å². The third-order valence-corrected chi connectivity index (χ3v) is 3.46. The van der Waals surface area contributed by atoms with Gasteiger partial charge in [0, 0.05) is 6.04 Å². The van der Waals surface area contributed by atoms with E-state index in [-0.39, 0.29) is 18.6 Å². The van der Waals surface area contributed by atoms with Gasteiger partial charge in [0.25, 0.3) is 0 Å². The first-order valence-electron chi connectivity index (χ1n) is 6.26. The van der Waals surface area contributed by atoms with E-state index in [9.17, 15) is 9.59 Å². The maximum Gasteiger partial charge on any atom is 0.308 e. The molecule has 0 aromatic rings. The van der Waals surface area contributed by atoms with Crippen molar-refractivity contribution in [3.8, 4) is 0 Å². The summed E-state index contributed by atoms with van der Waals surface area (Å²) in [5.41, 5.74) is 0. The molecule has 2 saturated carbocycles. The average molecular weight is 241 g/mol. The zero-order valence-corrected chi connectivity index (χ0v) is 9.85. The van der Waals surface area contributed by atoms with E-state index in [1.165, 1.54) is 12.8 Å². The Morgan fingerprint density at radius 3 is 2.65 bits per heavy atom. The minimum absolute atomic E-state index is 0.0549. The molecule has 17 heavy (non-hydrogen) atoms. The van der Waals surface area contributed by atoms with Gasteiger partial charge in [-0.25, -0.2) is 0 Å². The molecule has 0 saturated heterocycles. The van der Waals surface area contributed by atoms with Gasteiger partial charge < -0.3 is 15.2 Å². The van der Waals surface area contributed by atoms with Crippen LogP contribution in [0.3, 0.4) is 0 Å². The number of carbonyl (C=O) groups excluding carboxylic acids is 1. The number of hydrogen-bond donors (Lipinski definition) is 2. The van der Waals surface area contributed by atoms with E-state index < -0.39 is 11.9 Å². The Kier molecular flexibility index (Phi) is 3.99. The molecule has 0 bridgehead atoms. The highest BCUT2D eigenvalue weighted by atomic mass is 16.5. The Hall–Kier alpha value is -1.10. The summed E-state index contributed by atoms with van der Waals surface area (Å²) < 4.78 is 5.27. The van der Waals surface area contributed by atoms with Gasteiger partial charge in [-0.3, -0.25) is 9.59 Å². The predicted molar refractivity (Wildman–Crippen MR) is 60.5 cm³/mol. The lowest BCUT2D eigenvalue weighted by Gasteiger charge is -2.17. The Morgan fingerprint density at radius 2 is 2.00 bits per heavy atom. The van der Waals surface area contributed by atoms with Gasteiger partial charge in [-0.05, 0) is 31.6 Å². The van der Waals surface area contributed by atoms with Crippen LogP contribution in [-0.4, -0.2) is 36.2 Å². The van der Waals surface area contributed by atoms with Crippen LogP contribution in [0.15, 0.2) is 0 Å². The van der Waals surface area contributed by atoms with Gasteiger partial charge in [-0.15, -0.1) is 0 Å². The van der Waals surface area contributed by atoms with Crippen molar-refractivity contribution in [2.24, 2.45) is 11.8 Å². The second kappa shape index (κ2) is 5.49. The van der Waals surface area contributed by atoms with Crippen molar-refractivity contribution in [1.82, 2.24) is 5.32 Å². The Balaban J connectivity index is 1.67. The van der Waals surface area contributed by atoms with E-state index in [1.807, 2.05) is 0 Å². The normalized spacial score (nSPS) is 28.0. The zero-order chi connectivity index (χ0) is 12.3. The van der Waals surface area contributed by atoms with Crippen LogP contribution in [0.25, 0.3) is 0 Å². The summed E-state index contributed by atoms with van der Waals surface area (Å²) >= 11 is 0. The van der Waals surface area contributed by atoms with Gasteiger partial charge in [-0.1, -0.05) is 6.42 Å². The van der Waals surface area contributed by atoms with Gasteiger partial charge >= 0.3 is 5.97 Å². The summed E-state index contributed by atoms with van der Waals surface area (Å²) in [5.74, 6) is -0.793. The summed E-state index contributed by atoms with van der Waals surface area (Å²) in [4.78, 5) is 22.5. The number of nitrogens with one attached hydrogen (secondary N) is 1. The van der Waals surface area contributed by atoms with Gasteiger partial charge in [0.15, 0.2) is 0 Å². The van der Waals surface area contributed by atoms with Crippen LogP contribution in [0.4, 0.5) is 0 Å². The molecule has 0 radical (unpaired) electrons. The van der Waals surface area contributed by atoms with E-state index in [2.05, 4.69) is 5.32 Å². The molecule has 2 N–H and O–H groups in total. The van der Waals surface area contributed by atoms with Crippen LogP contribution in [0.5, 0.6) is 0 Å². The number of rotatable bonds is 6. The third-order valence-electron chi connectivity index (χ3n) is 3.46. The maximum atomic E-state index is 11.5. The van der Waals surface area contributed by atoms with E-state index >= 15 is 0 Å². The smallest absolute Gasteiger partial charge is 0.308 e. The van der Waals surface area contributed by atoms with Crippen LogP contribution < -0.4 is 5.32 Å². The summed E-state index contributed by atoms with van der Waals surface area (Å²) in [6, 6.07) is -0.218. The zero-order valence-electron chi connectivity index (χ0n) is 9.85. The number of carbonyl (C=O) groups is 2. The number of carboxylic acid groups (broad SMARTS) is 1. The molecule has 1 amide bonds. The monoisotopic (exact) mass is 241 g/mol. The highest BCUT2D eigenvalue weighted by molar-refractivity contribution is 5.79. The van der Waals surface area contributed by atoms with Gasteiger partial charge in [0.1, 0.15) is 6.61 Å². The first kappa shape index (κ1) is 12.4. The summed E-state index contributed by atoms with van der Waals surface area (Å²) in [7, 11) is 0. The third kappa shape index (κ3) is 3.70. The lowest BCUT2D eigenvalue weighted by Crippen LogP contribution is -2.41. The second-order valence-electron chi connectivity index (χ2n) is 5.01. The van der Waals surface area contributed by atoms with Crippen molar-refractivity contribution in [1.29, 1.82) is 0 Å². The molecule has 2 aliphatic carbocycles. The largest absolute Gasteiger partial charge is 0.481 e. The quantitative estimate of drug-likeness (QED) is 0.720. The average Bonchev–Trinajstić information content (AvgIpc) is 2.96. The van der Waals surface area contributed by atoms with Crippen molar-refractivity contribution < 1.29 is 19.4 Å². The molecule has 5 heteroatoms.